The van der Waals surface area contributed by atoms with Crippen molar-refractivity contribution in [1.82, 2.24) is 5.32 Å². The molecule has 0 saturated carbocycles. The van der Waals surface area contributed by atoms with Crippen LogP contribution in [0.3, 0.4) is 0 Å². The number of carbonyl (C=O) groups is 1. The number of nitrogens with one attached hydrogen (secondary N) is 1. The molecule has 0 aromatic carbocycles. The second-order valence-electron chi connectivity index (χ2n) is 6.45. The van der Waals surface area contributed by atoms with Crippen LogP contribution < -0.4 is 5.32 Å². The van der Waals surface area contributed by atoms with Crippen LogP contribution in [-0.2, 0) is 9.53 Å². The number of carbonyl (C=O) groups excluding carboxylic acids is 1. The van der Waals surface area contributed by atoms with Crippen LogP contribution in [0, 0.1) is 10.8 Å². The molecule has 96 valence electrons. The van der Waals surface area contributed by atoms with Gasteiger partial charge < -0.3 is 10.1 Å². The van der Waals surface area contributed by atoms with Crippen molar-refractivity contribution in [3.8, 4) is 0 Å². The monoisotopic (exact) mass is 229 g/mol. The van der Waals surface area contributed by atoms with E-state index in [0.29, 0.717) is 12.0 Å². The van der Waals surface area contributed by atoms with Crippen molar-refractivity contribution in [3.05, 3.63) is 0 Å². The van der Waals surface area contributed by atoms with E-state index in [9.17, 15) is 4.79 Å². The first-order chi connectivity index (χ1) is 7.13. The van der Waals surface area contributed by atoms with E-state index in [0.717, 1.165) is 19.5 Å². The Balaban J connectivity index is 3.45. The third-order valence-electron chi connectivity index (χ3n) is 2.18. The molecule has 0 unspecified atom stereocenters. The maximum atomic E-state index is 11.4. The fraction of sp³-hybridized carbons (Fsp3) is 0.923. The molecular formula is C13H27NO2. The lowest BCUT2D eigenvalue weighted by Crippen LogP contribution is -2.28. The number of ether oxygens (including phenoxy) is 1. The van der Waals surface area contributed by atoms with Gasteiger partial charge in [-0.2, -0.15) is 0 Å². The molecule has 0 aliphatic rings. The number of hydrogen-bond donors (Lipinski definition) is 1. The Morgan fingerprint density at radius 1 is 1.06 bits per heavy atom. The molecule has 0 saturated heterocycles. The Bertz CT molecular complexity index is 211. The topological polar surface area (TPSA) is 38.3 Å². The van der Waals surface area contributed by atoms with Gasteiger partial charge in [0.1, 0.15) is 6.61 Å². The molecule has 0 bridgehead atoms. The summed E-state index contributed by atoms with van der Waals surface area (Å²) in [7, 11) is 0. The molecule has 0 aliphatic heterocycles. The van der Waals surface area contributed by atoms with Gasteiger partial charge in [-0.25, -0.2) is 0 Å². The molecule has 3 heteroatoms. The molecule has 0 amide bonds. The maximum absolute atomic E-state index is 11.4. The number of hydrogen-bond acceptors (Lipinski definition) is 3. The highest BCUT2D eigenvalue weighted by molar-refractivity contribution is 5.75. The Hall–Kier alpha value is -0.570. The van der Waals surface area contributed by atoms with E-state index in [4.69, 9.17) is 4.74 Å². The lowest BCUT2D eigenvalue weighted by atomic mass is 9.92. The summed E-state index contributed by atoms with van der Waals surface area (Å²) >= 11 is 0. The molecule has 3 nitrogen and oxygen atoms in total. The van der Waals surface area contributed by atoms with Crippen LogP contribution in [0.5, 0.6) is 0 Å². The van der Waals surface area contributed by atoms with Crippen molar-refractivity contribution in [2.45, 2.75) is 48.0 Å². The summed E-state index contributed by atoms with van der Waals surface area (Å²) in [4.78, 5) is 11.4. The molecular weight excluding hydrogens is 202 g/mol. The molecule has 0 aromatic rings. The Morgan fingerprint density at radius 3 is 2.06 bits per heavy atom. The van der Waals surface area contributed by atoms with E-state index in [1.54, 1.807) is 0 Å². The molecule has 16 heavy (non-hydrogen) atoms. The molecule has 1 N–H and O–H groups in total. The van der Waals surface area contributed by atoms with Crippen molar-refractivity contribution in [1.29, 1.82) is 0 Å². The van der Waals surface area contributed by atoms with Gasteiger partial charge in [-0.1, -0.05) is 20.8 Å². The smallest absolute Gasteiger partial charge is 0.311 e. The van der Waals surface area contributed by atoms with Gasteiger partial charge in [-0.15, -0.1) is 0 Å². The van der Waals surface area contributed by atoms with Crippen LogP contribution in [-0.4, -0.2) is 25.7 Å². The van der Waals surface area contributed by atoms with Gasteiger partial charge in [0.05, 0.1) is 5.41 Å². The highest BCUT2D eigenvalue weighted by atomic mass is 16.5. The largest absolute Gasteiger partial charge is 0.464 e. The zero-order valence-electron chi connectivity index (χ0n) is 11.6. The summed E-state index contributed by atoms with van der Waals surface area (Å²) in [5, 5.41) is 3.27. The third-order valence-corrected chi connectivity index (χ3v) is 2.18. The van der Waals surface area contributed by atoms with E-state index >= 15 is 0 Å². The van der Waals surface area contributed by atoms with Crippen molar-refractivity contribution in [2.75, 3.05) is 19.7 Å². The number of esters is 1. The summed E-state index contributed by atoms with van der Waals surface area (Å²) in [6, 6.07) is 0. The predicted molar refractivity (Wildman–Crippen MR) is 67.4 cm³/mol. The van der Waals surface area contributed by atoms with E-state index in [1.807, 2.05) is 20.8 Å². The van der Waals surface area contributed by atoms with Gasteiger partial charge in [-0.3, -0.25) is 4.79 Å². The predicted octanol–water partition coefficient (Wildman–Crippen LogP) is 2.60. The molecule has 0 radical (unpaired) electrons. The minimum absolute atomic E-state index is 0.134. The van der Waals surface area contributed by atoms with Crippen LogP contribution in [0.2, 0.25) is 0 Å². The summed E-state index contributed by atoms with van der Waals surface area (Å²) in [6.45, 7) is 14.4. The minimum atomic E-state index is -0.397. The lowest BCUT2D eigenvalue weighted by Gasteiger charge is -2.19. The second kappa shape index (κ2) is 6.24. The van der Waals surface area contributed by atoms with Crippen molar-refractivity contribution in [2.24, 2.45) is 10.8 Å². The Morgan fingerprint density at radius 2 is 1.62 bits per heavy atom. The fourth-order valence-electron chi connectivity index (χ4n) is 1.02. The van der Waals surface area contributed by atoms with E-state index in [1.165, 1.54) is 0 Å². The summed E-state index contributed by atoms with van der Waals surface area (Å²) in [5.74, 6) is -0.134. The first kappa shape index (κ1) is 15.4. The molecule has 0 aromatic heterocycles. The Labute approximate surface area is 99.9 Å². The molecule has 0 fully saturated rings. The summed E-state index contributed by atoms with van der Waals surface area (Å²) < 4.78 is 5.14. The van der Waals surface area contributed by atoms with E-state index < -0.39 is 5.41 Å². The normalized spacial score (nSPS) is 12.6. The van der Waals surface area contributed by atoms with E-state index in [-0.39, 0.29) is 5.97 Å². The molecule has 0 atom stereocenters. The molecule has 0 rings (SSSR count). The van der Waals surface area contributed by atoms with Crippen LogP contribution >= 0.6 is 0 Å². The zero-order chi connectivity index (χ0) is 12.8. The average molecular weight is 229 g/mol. The lowest BCUT2D eigenvalue weighted by molar-refractivity contribution is -0.152. The van der Waals surface area contributed by atoms with Crippen molar-refractivity contribution in [3.63, 3.8) is 0 Å². The molecule has 0 spiro atoms. The van der Waals surface area contributed by atoms with Crippen molar-refractivity contribution < 1.29 is 9.53 Å². The number of rotatable bonds is 5. The minimum Gasteiger partial charge on any atom is -0.464 e. The first-order valence-corrected chi connectivity index (χ1v) is 6.01. The Kier molecular flexibility index (Phi) is 6.01. The van der Waals surface area contributed by atoms with Crippen LogP contribution in [0.4, 0.5) is 0 Å². The van der Waals surface area contributed by atoms with E-state index in [2.05, 4.69) is 26.1 Å². The maximum Gasteiger partial charge on any atom is 0.311 e. The van der Waals surface area contributed by atoms with Crippen LogP contribution in [0.25, 0.3) is 0 Å². The average Bonchev–Trinajstić information content (AvgIpc) is 2.07. The van der Waals surface area contributed by atoms with Crippen LogP contribution in [0.15, 0.2) is 0 Å². The summed E-state index contributed by atoms with van der Waals surface area (Å²) in [5.41, 5.74) is -0.0412. The van der Waals surface area contributed by atoms with Crippen LogP contribution in [0.1, 0.15) is 48.0 Å². The van der Waals surface area contributed by atoms with Gasteiger partial charge in [0.15, 0.2) is 0 Å². The highest BCUT2D eigenvalue weighted by Gasteiger charge is 2.22. The quantitative estimate of drug-likeness (QED) is 0.582. The first-order valence-electron chi connectivity index (χ1n) is 6.01. The van der Waals surface area contributed by atoms with Gasteiger partial charge in [0.25, 0.3) is 0 Å². The zero-order valence-corrected chi connectivity index (χ0v) is 11.6. The van der Waals surface area contributed by atoms with Crippen molar-refractivity contribution >= 4 is 5.97 Å². The SMILES string of the molecule is CC(C)(C)CCNCCOC(=O)C(C)(C)C. The molecule has 0 aliphatic carbocycles. The third kappa shape index (κ3) is 8.72. The van der Waals surface area contributed by atoms with Gasteiger partial charge >= 0.3 is 5.97 Å². The summed E-state index contributed by atoms with van der Waals surface area (Å²) in [6.07, 6.45) is 1.13. The fourth-order valence-corrected chi connectivity index (χ4v) is 1.02. The highest BCUT2D eigenvalue weighted by Crippen LogP contribution is 2.17. The molecule has 0 heterocycles. The second-order valence-corrected chi connectivity index (χ2v) is 6.45. The standard InChI is InChI=1S/C13H27NO2/c1-12(2,3)7-8-14-9-10-16-11(15)13(4,5)6/h14H,7-10H2,1-6H3. The van der Waals surface area contributed by atoms with Gasteiger partial charge in [0, 0.05) is 6.54 Å². The van der Waals surface area contributed by atoms with Gasteiger partial charge in [-0.05, 0) is 39.2 Å². The van der Waals surface area contributed by atoms with Gasteiger partial charge in [0.2, 0.25) is 0 Å².